The Morgan fingerprint density at radius 1 is 1.47 bits per heavy atom. The molecule has 4 heteroatoms. The van der Waals surface area contributed by atoms with Crippen LogP contribution in [0.25, 0.3) is 0 Å². The summed E-state index contributed by atoms with van der Waals surface area (Å²) in [5.74, 6) is 0. The average molecular weight is 235 g/mol. The number of hydrogen-bond acceptors (Lipinski definition) is 3. The summed E-state index contributed by atoms with van der Waals surface area (Å²) in [6.45, 7) is 2.89. The molecule has 0 amide bonds. The summed E-state index contributed by atoms with van der Waals surface area (Å²) < 4.78 is 1.56. The minimum Gasteiger partial charge on any atom is -0.381 e. The maximum atomic E-state index is 11.8. The van der Waals surface area contributed by atoms with Crippen LogP contribution in [0.15, 0.2) is 17.1 Å². The van der Waals surface area contributed by atoms with Gasteiger partial charge in [-0.1, -0.05) is 19.8 Å². The molecule has 1 aromatic rings. The van der Waals surface area contributed by atoms with Crippen LogP contribution in [0.1, 0.15) is 45.4 Å². The minimum atomic E-state index is 0.00502. The zero-order valence-corrected chi connectivity index (χ0v) is 10.5. The molecule has 1 aromatic heterocycles. The minimum absolute atomic E-state index is 0.00502. The second-order valence-electron chi connectivity index (χ2n) is 4.78. The van der Waals surface area contributed by atoms with Crippen molar-refractivity contribution in [3.05, 3.63) is 22.6 Å². The zero-order chi connectivity index (χ0) is 12.1. The van der Waals surface area contributed by atoms with Gasteiger partial charge in [-0.15, -0.1) is 0 Å². The quantitative estimate of drug-likeness (QED) is 0.770. The number of nitrogens with zero attached hydrogens (tertiary/aromatic N) is 2. The van der Waals surface area contributed by atoms with Gasteiger partial charge in [0.05, 0.1) is 11.9 Å². The maximum Gasteiger partial charge on any atom is 0.268 e. The van der Waals surface area contributed by atoms with E-state index in [1.165, 1.54) is 19.3 Å². The Bertz CT molecular complexity index is 409. The average Bonchev–Trinajstić information content (AvgIpc) is 2.27. The third-order valence-corrected chi connectivity index (χ3v) is 3.32. The first kappa shape index (κ1) is 12.1. The summed E-state index contributed by atoms with van der Waals surface area (Å²) in [6.07, 6.45) is 8.81. The van der Waals surface area contributed by atoms with Gasteiger partial charge in [0, 0.05) is 18.7 Å². The molecule has 2 rings (SSSR count). The monoisotopic (exact) mass is 235 g/mol. The van der Waals surface area contributed by atoms with Gasteiger partial charge >= 0.3 is 0 Å². The third-order valence-electron chi connectivity index (χ3n) is 3.32. The van der Waals surface area contributed by atoms with Crippen molar-refractivity contribution in [2.75, 3.05) is 5.32 Å². The highest BCUT2D eigenvalue weighted by atomic mass is 16.1. The van der Waals surface area contributed by atoms with Gasteiger partial charge in [-0.25, -0.2) is 4.68 Å². The topological polar surface area (TPSA) is 46.9 Å². The lowest BCUT2D eigenvalue weighted by Crippen LogP contribution is -2.29. The van der Waals surface area contributed by atoms with Crippen LogP contribution >= 0.6 is 0 Å². The molecule has 0 aliphatic heterocycles. The molecule has 1 N–H and O–H groups in total. The number of rotatable bonds is 6. The molecule has 0 radical (unpaired) electrons. The second kappa shape index (κ2) is 5.84. The Kier molecular flexibility index (Phi) is 4.18. The van der Waals surface area contributed by atoms with E-state index < -0.39 is 0 Å². The molecule has 17 heavy (non-hydrogen) atoms. The Morgan fingerprint density at radius 3 is 2.88 bits per heavy atom. The van der Waals surface area contributed by atoms with Crippen molar-refractivity contribution in [3.63, 3.8) is 0 Å². The molecule has 0 aromatic carbocycles. The van der Waals surface area contributed by atoms with E-state index in [0.717, 1.165) is 31.5 Å². The van der Waals surface area contributed by atoms with Gasteiger partial charge in [0.15, 0.2) is 0 Å². The summed E-state index contributed by atoms with van der Waals surface area (Å²) in [6, 6.07) is 2.21. The van der Waals surface area contributed by atoms with Crippen LogP contribution in [0.4, 0.5) is 5.69 Å². The van der Waals surface area contributed by atoms with Crippen LogP contribution in [-0.2, 0) is 6.54 Å². The van der Waals surface area contributed by atoms with E-state index in [2.05, 4.69) is 17.3 Å². The molecular formula is C13H21N3O. The van der Waals surface area contributed by atoms with Gasteiger partial charge in [-0.05, 0) is 25.7 Å². The highest BCUT2D eigenvalue weighted by Gasteiger charge is 2.17. The van der Waals surface area contributed by atoms with Gasteiger partial charge in [0.1, 0.15) is 0 Å². The number of hydrogen-bond donors (Lipinski definition) is 1. The summed E-state index contributed by atoms with van der Waals surface area (Å²) in [5, 5.41) is 7.54. The van der Waals surface area contributed by atoms with E-state index in [4.69, 9.17) is 0 Å². The van der Waals surface area contributed by atoms with Gasteiger partial charge in [-0.2, -0.15) is 5.10 Å². The summed E-state index contributed by atoms with van der Waals surface area (Å²) in [7, 11) is 0. The fourth-order valence-corrected chi connectivity index (χ4v) is 1.98. The van der Waals surface area contributed by atoms with E-state index in [1.807, 2.05) is 0 Å². The van der Waals surface area contributed by atoms with Crippen molar-refractivity contribution in [2.45, 2.75) is 58.0 Å². The van der Waals surface area contributed by atoms with Gasteiger partial charge in [-0.3, -0.25) is 4.79 Å². The largest absolute Gasteiger partial charge is 0.381 e. The summed E-state index contributed by atoms with van der Waals surface area (Å²) in [4.78, 5) is 11.8. The van der Waals surface area contributed by atoms with E-state index in [0.29, 0.717) is 6.04 Å². The highest BCUT2D eigenvalue weighted by Crippen LogP contribution is 2.21. The molecule has 1 aliphatic carbocycles. The lowest BCUT2D eigenvalue weighted by molar-refractivity contribution is 0.444. The molecule has 4 nitrogen and oxygen atoms in total. The Labute approximate surface area is 102 Å². The number of aromatic nitrogens is 2. The standard InChI is InChI=1S/C13H21N3O/c1-2-3-4-8-16-13(17)9-12(10-14-16)15-11-6-5-7-11/h9-11,15H,2-8H2,1H3. The molecule has 0 bridgehead atoms. The van der Waals surface area contributed by atoms with Crippen molar-refractivity contribution >= 4 is 5.69 Å². The first-order chi connectivity index (χ1) is 8.29. The van der Waals surface area contributed by atoms with E-state index in [9.17, 15) is 4.79 Å². The van der Waals surface area contributed by atoms with Crippen molar-refractivity contribution in [1.29, 1.82) is 0 Å². The molecular weight excluding hydrogens is 214 g/mol. The van der Waals surface area contributed by atoms with Crippen LogP contribution in [-0.4, -0.2) is 15.8 Å². The molecule has 1 aliphatic rings. The van der Waals surface area contributed by atoms with Crippen LogP contribution in [0.3, 0.4) is 0 Å². The molecule has 0 saturated heterocycles. The lowest BCUT2D eigenvalue weighted by Gasteiger charge is -2.27. The van der Waals surface area contributed by atoms with Crippen LogP contribution < -0.4 is 10.9 Å². The van der Waals surface area contributed by atoms with Crippen LogP contribution in [0, 0.1) is 0 Å². The number of nitrogens with one attached hydrogen (secondary N) is 1. The predicted molar refractivity (Wildman–Crippen MR) is 69.3 cm³/mol. The SMILES string of the molecule is CCCCCn1ncc(NC2CCC2)cc1=O. The first-order valence-corrected chi connectivity index (χ1v) is 6.63. The normalized spacial score (nSPS) is 15.6. The first-order valence-electron chi connectivity index (χ1n) is 6.63. The van der Waals surface area contributed by atoms with Gasteiger partial charge in [0.25, 0.3) is 5.56 Å². The Balaban J connectivity index is 1.93. The molecule has 94 valence electrons. The van der Waals surface area contributed by atoms with E-state index in [-0.39, 0.29) is 5.56 Å². The van der Waals surface area contributed by atoms with E-state index >= 15 is 0 Å². The van der Waals surface area contributed by atoms with Crippen molar-refractivity contribution < 1.29 is 0 Å². The summed E-state index contributed by atoms with van der Waals surface area (Å²) in [5.41, 5.74) is 0.872. The molecule has 1 heterocycles. The Morgan fingerprint density at radius 2 is 2.29 bits per heavy atom. The maximum absolute atomic E-state index is 11.8. The van der Waals surface area contributed by atoms with Crippen LogP contribution in [0.2, 0.25) is 0 Å². The number of unbranched alkanes of at least 4 members (excludes halogenated alkanes) is 2. The van der Waals surface area contributed by atoms with Crippen molar-refractivity contribution in [3.8, 4) is 0 Å². The highest BCUT2D eigenvalue weighted by molar-refractivity contribution is 5.40. The van der Waals surface area contributed by atoms with Crippen molar-refractivity contribution in [2.24, 2.45) is 0 Å². The van der Waals surface area contributed by atoms with Gasteiger partial charge < -0.3 is 5.32 Å². The van der Waals surface area contributed by atoms with Crippen LogP contribution in [0.5, 0.6) is 0 Å². The molecule has 0 atom stereocenters. The fourth-order valence-electron chi connectivity index (χ4n) is 1.98. The van der Waals surface area contributed by atoms with E-state index in [1.54, 1.807) is 16.9 Å². The molecule has 1 saturated carbocycles. The third kappa shape index (κ3) is 3.32. The molecule has 0 unspecified atom stereocenters. The smallest absolute Gasteiger partial charge is 0.268 e. The van der Waals surface area contributed by atoms with Gasteiger partial charge in [0.2, 0.25) is 0 Å². The second-order valence-corrected chi connectivity index (χ2v) is 4.78. The number of anilines is 1. The molecule has 0 spiro atoms. The zero-order valence-electron chi connectivity index (χ0n) is 10.5. The fraction of sp³-hybridized carbons (Fsp3) is 0.692. The van der Waals surface area contributed by atoms with Crippen molar-refractivity contribution in [1.82, 2.24) is 9.78 Å². The Hall–Kier alpha value is -1.32. The number of aryl methyl sites for hydroxylation is 1. The summed E-state index contributed by atoms with van der Waals surface area (Å²) >= 11 is 0. The molecule has 1 fully saturated rings. The predicted octanol–water partition coefficient (Wildman–Crippen LogP) is 2.40. The lowest BCUT2D eigenvalue weighted by atomic mass is 9.93.